The van der Waals surface area contributed by atoms with Crippen LogP contribution in [0.2, 0.25) is 0 Å². The Morgan fingerprint density at radius 1 is 0.377 bits per heavy atom. The van der Waals surface area contributed by atoms with E-state index in [1.807, 2.05) is 6.08 Å². The van der Waals surface area contributed by atoms with Crippen LogP contribution in [0.3, 0.4) is 0 Å². The van der Waals surface area contributed by atoms with Crippen LogP contribution in [0.1, 0.15) is 226 Å². The maximum atomic E-state index is 12.8. The molecule has 0 saturated heterocycles. The molecule has 0 heterocycles. The van der Waals surface area contributed by atoms with Gasteiger partial charge in [0.15, 0.2) is 6.10 Å². The number of hydrogen-bond acceptors (Lipinski definition) is 6. The van der Waals surface area contributed by atoms with Crippen molar-refractivity contribution in [2.45, 2.75) is 232 Å². The van der Waals surface area contributed by atoms with Gasteiger partial charge < -0.3 is 14.2 Å². The molecular weight excluding hydrogens is 757 g/mol. The molecule has 1 atom stereocenters. The van der Waals surface area contributed by atoms with Gasteiger partial charge in [0, 0.05) is 12.8 Å². The van der Waals surface area contributed by atoms with E-state index in [9.17, 15) is 14.4 Å². The van der Waals surface area contributed by atoms with E-state index in [1.54, 1.807) is 6.08 Å². The van der Waals surface area contributed by atoms with Crippen LogP contribution in [-0.4, -0.2) is 37.2 Å². The third-order valence-electron chi connectivity index (χ3n) is 10.4. The van der Waals surface area contributed by atoms with Gasteiger partial charge in [-0.05, 0) is 83.5 Å². The lowest BCUT2D eigenvalue weighted by atomic mass is 10.1. The lowest BCUT2D eigenvalue weighted by Gasteiger charge is -2.18. The molecule has 61 heavy (non-hydrogen) atoms. The molecule has 0 aliphatic heterocycles. The second-order valence-corrected chi connectivity index (χ2v) is 16.4. The second kappa shape index (κ2) is 49.2. The first-order valence-corrected chi connectivity index (χ1v) is 25.1. The average Bonchev–Trinajstić information content (AvgIpc) is 3.26. The fourth-order valence-corrected chi connectivity index (χ4v) is 6.67. The summed E-state index contributed by atoms with van der Waals surface area (Å²) in [6.45, 7) is 6.37. The van der Waals surface area contributed by atoms with E-state index in [4.69, 9.17) is 14.2 Å². The maximum Gasteiger partial charge on any atom is 0.309 e. The second-order valence-electron chi connectivity index (χ2n) is 16.4. The Labute approximate surface area is 375 Å². The van der Waals surface area contributed by atoms with Gasteiger partial charge in [-0.3, -0.25) is 14.4 Å². The molecule has 0 aromatic heterocycles. The Hall–Kier alpha value is -3.41. The van der Waals surface area contributed by atoms with E-state index in [0.717, 1.165) is 96.3 Å². The van der Waals surface area contributed by atoms with Crippen LogP contribution in [0, 0.1) is 0 Å². The van der Waals surface area contributed by atoms with Crippen molar-refractivity contribution in [3.63, 3.8) is 0 Å². The third kappa shape index (κ3) is 47.5. The lowest BCUT2D eigenvalue weighted by molar-refractivity contribution is -0.166. The summed E-state index contributed by atoms with van der Waals surface area (Å²) in [5, 5.41) is 0. The summed E-state index contributed by atoms with van der Waals surface area (Å²) in [5.74, 6) is -1.08. The van der Waals surface area contributed by atoms with Crippen LogP contribution in [-0.2, 0) is 28.6 Å². The summed E-state index contributed by atoms with van der Waals surface area (Å²) < 4.78 is 16.6. The largest absolute Gasteiger partial charge is 0.462 e. The fraction of sp³-hybridized carbons (Fsp3) is 0.691. The molecule has 0 aliphatic carbocycles. The zero-order valence-corrected chi connectivity index (χ0v) is 39.7. The van der Waals surface area contributed by atoms with Gasteiger partial charge in [0.1, 0.15) is 13.2 Å². The summed E-state index contributed by atoms with van der Waals surface area (Å²) >= 11 is 0. The molecule has 0 aromatic carbocycles. The molecule has 0 aromatic rings. The van der Waals surface area contributed by atoms with Crippen LogP contribution < -0.4 is 0 Å². The molecule has 0 spiro atoms. The van der Waals surface area contributed by atoms with Gasteiger partial charge in [0.25, 0.3) is 0 Å². The van der Waals surface area contributed by atoms with Gasteiger partial charge in [0.05, 0.1) is 6.42 Å². The Morgan fingerprint density at radius 3 is 1.26 bits per heavy atom. The van der Waals surface area contributed by atoms with Gasteiger partial charge >= 0.3 is 17.9 Å². The minimum atomic E-state index is -0.824. The SMILES string of the molecule is CC/C=C\C/C=C\C/C=C\CC(=O)OCC(COC(=O)CCCCCCC\C=C/C=C\C=C/CCCCCCC)OC(=O)CCCCCCC/C=C\CCCCCCCCC. The molecule has 0 bridgehead atoms. The molecule has 348 valence electrons. The number of rotatable bonds is 44. The van der Waals surface area contributed by atoms with E-state index in [2.05, 4.69) is 93.7 Å². The normalized spacial score (nSPS) is 12.8. The highest BCUT2D eigenvalue weighted by Gasteiger charge is 2.19. The molecule has 0 radical (unpaired) electrons. The highest BCUT2D eigenvalue weighted by molar-refractivity contribution is 5.72. The van der Waals surface area contributed by atoms with Crippen LogP contribution in [0.25, 0.3) is 0 Å². The zero-order chi connectivity index (χ0) is 44.4. The minimum absolute atomic E-state index is 0.118. The number of carbonyl (C=O) groups is 3. The van der Waals surface area contributed by atoms with Crippen molar-refractivity contribution in [3.8, 4) is 0 Å². The average molecular weight is 849 g/mol. The maximum absolute atomic E-state index is 12.8. The summed E-state index contributed by atoms with van der Waals surface area (Å²) in [7, 11) is 0. The van der Waals surface area contributed by atoms with Crippen molar-refractivity contribution >= 4 is 17.9 Å². The van der Waals surface area contributed by atoms with E-state index in [-0.39, 0.29) is 31.6 Å². The van der Waals surface area contributed by atoms with Crippen molar-refractivity contribution in [1.29, 1.82) is 0 Å². The molecular formula is C55H92O6. The predicted molar refractivity (Wildman–Crippen MR) is 261 cm³/mol. The van der Waals surface area contributed by atoms with Crippen molar-refractivity contribution in [2.75, 3.05) is 13.2 Å². The number of allylic oxidation sites excluding steroid dienone is 13. The van der Waals surface area contributed by atoms with Crippen LogP contribution >= 0.6 is 0 Å². The first-order valence-electron chi connectivity index (χ1n) is 25.1. The Morgan fingerprint density at radius 2 is 0.770 bits per heavy atom. The number of esters is 3. The number of carbonyl (C=O) groups excluding carboxylic acids is 3. The summed E-state index contributed by atoms with van der Waals surface area (Å²) in [6, 6.07) is 0. The van der Waals surface area contributed by atoms with Crippen molar-refractivity contribution < 1.29 is 28.6 Å². The van der Waals surface area contributed by atoms with E-state index in [1.165, 1.54) is 89.9 Å². The first-order chi connectivity index (χ1) is 30.0. The summed E-state index contributed by atoms with van der Waals surface area (Å²) in [6.07, 6.45) is 63.2. The molecule has 0 N–H and O–H groups in total. The summed E-state index contributed by atoms with van der Waals surface area (Å²) in [4.78, 5) is 37.8. The quantitative estimate of drug-likeness (QED) is 0.0200. The van der Waals surface area contributed by atoms with E-state index >= 15 is 0 Å². The molecule has 6 nitrogen and oxygen atoms in total. The number of unbranched alkanes of at least 4 members (excludes halogenated alkanes) is 22. The summed E-state index contributed by atoms with van der Waals surface area (Å²) in [5.41, 5.74) is 0. The smallest absolute Gasteiger partial charge is 0.309 e. The number of hydrogen-bond donors (Lipinski definition) is 0. The highest BCUT2D eigenvalue weighted by atomic mass is 16.6. The molecule has 0 fully saturated rings. The highest BCUT2D eigenvalue weighted by Crippen LogP contribution is 2.13. The van der Waals surface area contributed by atoms with Gasteiger partial charge in [-0.1, -0.05) is 209 Å². The predicted octanol–water partition coefficient (Wildman–Crippen LogP) is 16.4. The standard InChI is InChI=1S/C55H92O6/c1-4-7-10-13-16-19-21-23-25-27-28-30-31-33-36-39-42-45-48-54(57)60-51-52(50-59-53(56)47-44-41-38-35-18-15-12-9-6-3)61-55(58)49-46-43-40-37-34-32-29-26-24-22-20-17-14-11-8-5-2/h9,12,18,21,23,25-30,35,41,44,52H,4-8,10-11,13-17,19-20,22,24,31-34,36-40,42-43,45-51H2,1-3H3/b12-9-,23-21-,27-25-,29-26-,30-28-,35-18-,44-41-. The lowest BCUT2D eigenvalue weighted by Crippen LogP contribution is -2.30. The molecule has 1 unspecified atom stereocenters. The van der Waals surface area contributed by atoms with Crippen molar-refractivity contribution in [1.82, 2.24) is 0 Å². The van der Waals surface area contributed by atoms with Crippen molar-refractivity contribution in [2.24, 2.45) is 0 Å². The molecule has 0 saturated carbocycles. The van der Waals surface area contributed by atoms with Gasteiger partial charge in [-0.15, -0.1) is 0 Å². The zero-order valence-electron chi connectivity index (χ0n) is 39.7. The molecule has 6 heteroatoms. The first kappa shape index (κ1) is 57.6. The van der Waals surface area contributed by atoms with Crippen LogP contribution in [0.4, 0.5) is 0 Å². The van der Waals surface area contributed by atoms with Crippen molar-refractivity contribution in [3.05, 3.63) is 85.1 Å². The Kier molecular flexibility index (Phi) is 46.5. The monoisotopic (exact) mass is 849 g/mol. The molecule has 0 aliphatic rings. The van der Waals surface area contributed by atoms with Crippen LogP contribution in [0.15, 0.2) is 85.1 Å². The third-order valence-corrected chi connectivity index (χ3v) is 10.4. The van der Waals surface area contributed by atoms with Gasteiger partial charge in [0.2, 0.25) is 0 Å². The topological polar surface area (TPSA) is 78.9 Å². The molecule has 0 amide bonds. The molecule has 0 rings (SSSR count). The van der Waals surface area contributed by atoms with E-state index < -0.39 is 12.1 Å². The van der Waals surface area contributed by atoms with Crippen LogP contribution in [0.5, 0.6) is 0 Å². The Bertz CT molecular complexity index is 1200. The Balaban J connectivity index is 4.44. The fourth-order valence-electron chi connectivity index (χ4n) is 6.67. The number of ether oxygens (including phenoxy) is 3. The van der Waals surface area contributed by atoms with E-state index in [0.29, 0.717) is 12.8 Å². The minimum Gasteiger partial charge on any atom is -0.462 e. The van der Waals surface area contributed by atoms with Gasteiger partial charge in [-0.25, -0.2) is 0 Å². The van der Waals surface area contributed by atoms with Gasteiger partial charge in [-0.2, -0.15) is 0 Å².